The molecule has 0 aliphatic rings. The third-order valence-electron chi connectivity index (χ3n) is 3.83. The van der Waals surface area contributed by atoms with E-state index in [-0.39, 0.29) is 12.3 Å². The van der Waals surface area contributed by atoms with Gasteiger partial charge in [0.1, 0.15) is 11.5 Å². The summed E-state index contributed by atoms with van der Waals surface area (Å²) >= 11 is 0. The van der Waals surface area contributed by atoms with Gasteiger partial charge in [0.2, 0.25) is 5.88 Å². The zero-order chi connectivity index (χ0) is 19.9. The van der Waals surface area contributed by atoms with Gasteiger partial charge < -0.3 is 14.8 Å². The van der Waals surface area contributed by atoms with E-state index in [4.69, 9.17) is 9.47 Å². The lowest BCUT2D eigenvalue weighted by Crippen LogP contribution is -2.20. The van der Waals surface area contributed by atoms with E-state index in [1.165, 1.54) is 12.1 Å². The van der Waals surface area contributed by atoms with Crippen LogP contribution in [0.2, 0.25) is 0 Å². The van der Waals surface area contributed by atoms with Gasteiger partial charge >= 0.3 is 0 Å². The van der Waals surface area contributed by atoms with Gasteiger partial charge in [-0.25, -0.2) is 4.98 Å². The van der Waals surface area contributed by atoms with E-state index < -0.39 is 10.8 Å². The Hall–Kier alpha value is -3.94. The molecule has 1 aromatic heterocycles. The molecule has 1 heterocycles. The summed E-state index contributed by atoms with van der Waals surface area (Å²) in [5.74, 6) is 1.13. The molecular weight excluding hydrogens is 362 g/mol. The molecule has 0 saturated heterocycles. The van der Waals surface area contributed by atoms with Gasteiger partial charge in [-0.15, -0.1) is 0 Å². The van der Waals surface area contributed by atoms with Crippen molar-refractivity contribution in [1.82, 2.24) is 4.98 Å². The summed E-state index contributed by atoms with van der Waals surface area (Å²) in [6, 6.07) is 16.6. The van der Waals surface area contributed by atoms with Crippen LogP contribution >= 0.6 is 0 Å². The largest absolute Gasteiger partial charge is 0.484 e. The Kier molecular flexibility index (Phi) is 5.81. The molecule has 2 aromatic carbocycles. The number of amides is 1. The molecule has 142 valence electrons. The first-order chi connectivity index (χ1) is 13.5. The van der Waals surface area contributed by atoms with Crippen LogP contribution in [0.1, 0.15) is 5.56 Å². The molecule has 0 atom stereocenters. The molecule has 8 heteroatoms. The van der Waals surface area contributed by atoms with E-state index >= 15 is 0 Å². The fourth-order valence-corrected chi connectivity index (χ4v) is 2.42. The molecule has 8 nitrogen and oxygen atoms in total. The summed E-state index contributed by atoms with van der Waals surface area (Å²) in [6.45, 7) is 1.34. The number of carbonyl (C=O) groups excluding carboxylic acids is 1. The number of nitrogens with zero attached hydrogens (tertiary/aromatic N) is 2. The van der Waals surface area contributed by atoms with Gasteiger partial charge in [0.05, 0.1) is 16.2 Å². The standard InChI is InChI=1S/C20H17N3O5/c1-14-17(5-4-6-18(14)23(25)26)22-19(24)13-27-15-8-10-16(11-9-15)28-20-7-2-3-12-21-20/h2-12H,13H2,1H3,(H,22,24). The number of nitrogens with one attached hydrogen (secondary N) is 1. The number of hydrogen-bond donors (Lipinski definition) is 1. The normalized spacial score (nSPS) is 10.2. The SMILES string of the molecule is Cc1c(NC(=O)COc2ccc(Oc3ccccn3)cc2)cccc1[N+](=O)[O-]. The molecule has 0 bridgehead atoms. The van der Waals surface area contributed by atoms with E-state index in [0.717, 1.165) is 0 Å². The summed E-state index contributed by atoms with van der Waals surface area (Å²) in [4.78, 5) is 26.6. The molecular formula is C20H17N3O5. The molecule has 3 aromatic rings. The summed E-state index contributed by atoms with van der Waals surface area (Å²) in [7, 11) is 0. The van der Waals surface area contributed by atoms with Crippen molar-refractivity contribution < 1.29 is 19.2 Å². The van der Waals surface area contributed by atoms with Gasteiger partial charge in [-0.05, 0) is 43.3 Å². The molecule has 0 spiro atoms. The second kappa shape index (κ2) is 8.63. The minimum absolute atomic E-state index is 0.0535. The number of hydrogen-bond acceptors (Lipinski definition) is 6. The lowest BCUT2D eigenvalue weighted by molar-refractivity contribution is -0.385. The Morgan fingerprint density at radius 3 is 2.50 bits per heavy atom. The van der Waals surface area contributed by atoms with Crippen LogP contribution in [0.3, 0.4) is 0 Å². The van der Waals surface area contributed by atoms with Gasteiger partial charge in [-0.2, -0.15) is 0 Å². The third kappa shape index (κ3) is 4.82. The summed E-state index contributed by atoms with van der Waals surface area (Å²) in [6.07, 6.45) is 1.63. The maximum Gasteiger partial charge on any atom is 0.274 e. The maximum atomic E-state index is 12.1. The highest BCUT2D eigenvalue weighted by molar-refractivity contribution is 5.93. The highest BCUT2D eigenvalue weighted by Crippen LogP contribution is 2.25. The molecule has 3 rings (SSSR count). The molecule has 0 radical (unpaired) electrons. The van der Waals surface area contributed by atoms with Gasteiger partial charge in [-0.3, -0.25) is 14.9 Å². The zero-order valence-electron chi connectivity index (χ0n) is 15.0. The van der Waals surface area contributed by atoms with Crippen molar-refractivity contribution >= 4 is 17.3 Å². The monoisotopic (exact) mass is 379 g/mol. The lowest BCUT2D eigenvalue weighted by atomic mass is 10.1. The van der Waals surface area contributed by atoms with Crippen LogP contribution in [-0.4, -0.2) is 22.4 Å². The third-order valence-corrected chi connectivity index (χ3v) is 3.83. The predicted octanol–water partition coefficient (Wildman–Crippen LogP) is 4.11. The minimum Gasteiger partial charge on any atom is -0.484 e. The van der Waals surface area contributed by atoms with Crippen LogP contribution in [0, 0.1) is 17.0 Å². The number of ether oxygens (including phenoxy) is 2. The van der Waals surface area contributed by atoms with Crippen molar-refractivity contribution in [2.75, 3.05) is 11.9 Å². The Morgan fingerprint density at radius 2 is 1.82 bits per heavy atom. The number of aromatic nitrogens is 1. The molecule has 0 fully saturated rings. The minimum atomic E-state index is -0.490. The van der Waals surface area contributed by atoms with Gasteiger partial charge in [-0.1, -0.05) is 12.1 Å². The first-order valence-corrected chi connectivity index (χ1v) is 8.38. The summed E-state index contributed by atoms with van der Waals surface area (Å²) in [5.41, 5.74) is 0.709. The van der Waals surface area contributed by atoms with Gasteiger partial charge in [0, 0.05) is 18.3 Å². The van der Waals surface area contributed by atoms with Crippen molar-refractivity contribution in [2.24, 2.45) is 0 Å². The average Bonchev–Trinajstić information content (AvgIpc) is 2.69. The Labute approximate surface area is 160 Å². The highest BCUT2D eigenvalue weighted by atomic mass is 16.6. The average molecular weight is 379 g/mol. The smallest absolute Gasteiger partial charge is 0.274 e. The Morgan fingerprint density at radius 1 is 1.07 bits per heavy atom. The van der Waals surface area contributed by atoms with Crippen LogP contribution in [0.4, 0.5) is 11.4 Å². The first-order valence-electron chi connectivity index (χ1n) is 8.38. The summed E-state index contributed by atoms with van der Waals surface area (Å²) in [5, 5.41) is 13.6. The fraction of sp³-hybridized carbons (Fsp3) is 0.100. The fourth-order valence-electron chi connectivity index (χ4n) is 2.42. The van der Waals surface area contributed by atoms with E-state index in [1.807, 2.05) is 6.07 Å². The number of carbonyl (C=O) groups is 1. The quantitative estimate of drug-likeness (QED) is 0.489. The topological polar surface area (TPSA) is 104 Å². The van der Waals surface area contributed by atoms with Crippen LogP contribution in [0.15, 0.2) is 66.9 Å². The zero-order valence-corrected chi connectivity index (χ0v) is 15.0. The van der Waals surface area contributed by atoms with Crippen molar-refractivity contribution in [3.63, 3.8) is 0 Å². The van der Waals surface area contributed by atoms with Crippen LogP contribution < -0.4 is 14.8 Å². The van der Waals surface area contributed by atoms with Crippen molar-refractivity contribution in [1.29, 1.82) is 0 Å². The second-order valence-corrected chi connectivity index (χ2v) is 5.79. The second-order valence-electron chi connectivity index (χ2n) is 5.79. The van der Waals surface area contributed by atoms with E-state index in [1.54, 1.807) is 55.6 Å². The number of nitro groups is 1. The van der Waals surface area contributed by atoms with Crippen LogP contribution in [-0.2, 0) is 4.79 Å². The molecule has 1 N–H and O–H groups in total. The Bertz CT molecular complexity index is 975. The van der Waals surface area contributed by atoms with Crippen molar-refractivity contribution in [3.8, 4) is 17.4 Å². The van der Waals surface area contributed by atoms with Crippen LogP contribution in [0.5, 0.6) is 17.4 Å². The van der Waals surface area contributed by atoms with Crippen molar-refractivity contribution in [3.05, 3.63) is 82.5 Å². The summed E-state index contributed by atoms with van der Waals surface area (Å²) < 4.78 is 11.0. The molecule has 0 saturated carbocycles. The Balaban J connectivity index is 1.55. The maximum absolute atomic E-state index is 12.1. The van der Waals surface area contributed by atoms with E-state index in [0.29, 0.717) is 28.6 Å². The molecule has 0 aliphatic heterocycles. The first kappa shape index (κ1) is 18.8. The molecule has 0 unspecified atom stereocenters. The van der Waals surface area contributed by atoms with Gasteiger partial charge in [0.25, 0.3) is 11.6 Å². The van der Waals surface area contributed by atoms with Crippen molar-refractivity contribution in [2.45, 2.75) is 6.92 Å². The molecule has 1 amide bonds. The predicted molar refractivity (Wildman–Crippen MR) is 103 cm³/mol. The number of nitro benzene ring substituents is 1. The molecule has 0 aliphatic carbocycles. The van der Waals surface area contributed by atoms with Crippen LogP contribution in [0.25, 0.3) is 0 Å². The number of rotatable bonds is 7. The van der Waals surface area contributed by atoms with E-state index in [9.17, 15) is 14.9 Å². The molecule has 28 heavy (non-hydrogen) atoms. The van der Waals surface area contributed by atoms with E-state index in [2.05, 4.69) is 10.3 Å². The number of anilines is 1. The lowest BCUT2D eigenvalue weighted by Gasteiger charge is -2.10. The van der Waals surface area contributed by atoms with Gasteiger partial charge in [0.15, 0.2) is 6.61 Å². The number of pyridine rings is 1. The highest BCUT2D eigenvalue weighted by Gasteiger charge is 2.15. The number of benzene rings is 2.